The number of benzene rings is 1. The highest BCUT2D eigenvalue weighted by Crippen LogP contribution is 2.12. The molecule has 9 heteroatoms. The van der Waals surface area contributed by atoms with Gasteiger partial charge >= 0.3 is 0 Å². The molecule has 0 fully saturated rings. The molecule has 1 aromatic heterocycles. The molecule has 1 aromatic carbocycles. The maximum atomic E-state index is 11.5. The van der Waals surface area contributed by atoms with Crippen molar-refractivity contribution in [3.05, 3.63) is 53.9 Å². The first-order valence-corrected chi connectivity index (χ1v) is 11.1. The predicted octanol–water partition coefficient (Wildman–Crippen LogP) is 1.31. The Balaban J connectivity index is 2.06. The highest BCUT2D eigenvalue weighted by atomic mass is 32.2. The summed E-state index contributed by atoms with van der Waals surface area (Å²) in [7, 11) is -3.29. The van der Waals surface area contributed by atoms with E-state index in [9.17, 15) is 8.42 Å². The maximum Gasteiger partial charge on any atom is 0.209 e. The molecule has 28 heavy (non-hydrogen) atoms. The largest absolute Gasteiger partial charge is 0.357 e. The number of nitrogens with zero attached hydrogens (tertiary/aromatic N) is 3. The molecule has 0 amide bonds. The van der Waals surface area contributed by atoms with E-state index in [1.165, 1.54) is 0 Å². The van der Waals surface area contributed by atoms with Crippen molar-refractivity contribution >= 4 is 16.0 Å². The quantitative estimate of drug-likeness (QED) is 0.431. The lowest BCUT2D eigenvalue weighted by Gasteiger charge is -2.26. The normalized spacial score (nSPS) is 12.8. The van der Waals surface area contributed by atoms with Crippen LogP contribution in [0, 0.1) is 0 Å². The van der Waals surface area contributed by atoms with Gasteiger partial charge in [-0.15, -0.1) is 0 Å². The Labute approximate surface area is 167 Å². The molecule has 0 aliphatic carbocycles. The second-order valence-corrected chi connectivity index (χ2v) is 9.03. The van der Waals surface area contributed by atoms with Gasteiger partial charge in [0.2, 0.25) is 10.0 Å². The minimum Gasteiger partial charge on any atom is -0.357 e. The summed E-state index contributed by atoms with van der Waals surface area (Å²) >= 11 is 0. The third kappa shape index (κ3) is 7.69. The van der Waals surface area contributed by atoms with Crippen molar-refractivity contribution in [2.45, 2.75) is 39.4 Å². The van der Waals surface area contributed by atoms with Gasteiger partial charge in [0.1, 0.15) is 0 Å². The summed E-state index contributed by atoms with van der Waals surface area (Å²) < 4.78 is 27.5. The van der Waals surface area contributed by atoms with Crippen LogP contribution in [0.5, 0.6) is 0 Å². The molecule has 154 valence electrons. The van der Waals surface area contributed by atoms with Gasteiger partial charge in [0.15, 0.2) is 5.96 Å². The molecule has 2 rings (SSSR count). The van der Waals surface area contributed by atoms with Crippen molar-refractivity contribution in [2.24, 2.45) is 4.99 Å². The van der Waals surface area contributed by atoms with Crippen LogP contribution >= 0.6 is 0 Å². The van der Waals surface area contributed by atoms with Crippen molar-refractivity contribution in [2.75, 3.05) is 19.3 Å². The third-order valence-electron chi connectivity index (χ3n) is 3.92. The van der Waals surface area contributed by atoms with Gasteiger partial charge in [0.05, 0.1) is 19.3 Å². The van der Waals surface area contributed by atoms with Crippen molar-refractivity contribution in [3.8, 4) is 0 Å². The van der Waals surface area contributed by atoms with Crippen LogP contribution in [0.1, 0.15) is 31.9 Å². The van der Waals surface area contributed by atoms with Crippen molar-refractivity contribution in [3.63, 3.8) is 0 Å². The van der Waals surface area contributed by atoms with Gasteiger partial charge in [0.25, 0.3) is 0 Å². The zero-order chi connectivity index (χ0) is 20.6. The van der Waals surface area contributed by atoms with Crippen LogP contribution in [0.25, 0.3) is 0 Å². The number of hydrogen-bond acceptors (Lipinski definition) is 4. The zero-order valence-electron chi connectivity index (χ0n) is 16.9. The molecule has 2 aromatic rings. The minimum absolute atomic E-state index is 0.404. The number of nitrogens with one attached hydrogen (secondary N) is 3. The molecule has 0 atom stereocenters. The molecular weight excluding hydrogens is 376 g/mol. The van der Waals surface area contributed by atoms with Crippen molar-refractivity contribution < 1.29 is 8.42 Å². The van der Waals surface area contributed by atoms with E-state index in [0.29, 0.717) is 32.1 Å². The first-order chi connectivity index (χ1) is 13.2. The standard InChI is InChI=1S/C19H30N6O2S/c1-5-20-18(22-15-19(2,3)24-28(4,26)27)21-13-16-9-6-7-10-17(16)14-25-12-8-11-23-25/h6-12,24H,5,13-15H2,1-4H3,(H2,20,21,22). The first kappa shape index (κ1) is 21.9. The number of hydrogen-bond donors (Lipinski definition) is 3. The Kier molecular flexibility index (Phi) is 7.59. The van der Waals surface area contributed by atoms with Gasteiger partial charge in [-0.3, -0.25) is 4.68 Å². The van der Waals surface area contributed by atoms with Crippen LogP contribution in [-0.4, -0.2) is 49.0 Å². The number of sulfonamides is 1. The van der Waals surface area contributed by atoms with E-state index in [1.807, 2.05) is 49.8 Å². The maximum absolute atomic E-state index is 11.5. The van der Waals surface area contributed by atoms with Gasteiger partial charge in [0, 0.05) is 31.0 Å². The second-order valence-electron chi connectivity index (χ2n) is 7.28. The molecule has 0 spiro atoms. The fraction of sp³-hybridized carbons (Fsp3) is 0.474. The lowest BCUT2D eigenvalue weighted by Crippen LogP contribution is -2.53. The Hall–Kier alpha value is -2.39. The second kappa shape index (κ2) is 9.70. The van der Waals surface area contributed by atoms with Crippen LogP contribution in [0.3, 0.4) is 0 Å². The summed E-state index contributed by atoms with van der Waals surface area (Å²) in [6.45, 7) is 7.94. The van der Waals surface area contributed by atoms with E-state index in [2.05, 4.69) is 37.6 Å². The van der Waals surface area contributed by atoms with Gasteiger partial charge in [-0.25, -0.2) is 18.1 Å². The molecule has 0 saturated heterocycles. The van der Waals surface area contributed by atoms with Gasteiger partial charge in [-0.05, 0) is 38.0 Å². The molecule has 1 heterocycles. The fourth-order valence-electron chi connectivity index (χ4n) is 2.78. The van der Waals surface area contributed by atoms with E-state index in [1.54, 1.807) is 6.20 Å². The molecule has 0 radical (unpaired) electrons. The van der Waals surface area contributed by atoms with E-state index >= 15 is 0 Å². The Bertz CT molecular complexity index is 876. The lowest BCUT2D eigenvalue weighted by atomic mass is 10.1. The van der Waals surface area contributed by atoms with E-state index in [0.717, 1.165) is 17.4 Å². The lowest BCUT2D eigenvalue weighted by molar-refractivity contribution is 0.446. The molecule has 0 unspecified atom stereocenters. The van der Waals surface area contributed by atoms with Crippen molar-refractivity contribution in [1.82, 2.24) is 25.1 Å². The number of aromatic nitrogens is 2. The third-order valence-corrected chi connectivity index (χ3v) is 4.84. The molecule has 0 aliphatic heterocycles. The monoisotopic (exact) mass is 406 g/mol. The minimum atomic E-state index is -3.29. The van der Waals surface area contributed by atoms with Crippen LogP contribution in [0.15, 0.2) is 47.7 Å². The van der Waals surface area contributed by atoms with Crippen LogP contribution < -0.4 is 15.4 Å². The zero-order valence-corrected chi connectivity index (χ0v) is 17.8. The number of rotatable bonds is 9. The van der Waals surface area contributed by atoms with Crippen LogP contribution in [0.2, 0.25) is 0 Å². The first-order valence-electron chi connectivity index (χ1n) is 9.24. The smallest absolute Gasteiger partial charge is 0.209 e. The number of guanidine groups is 1. The van der Waals surface area contributed by atoms with E-state index in [-0.39, 0.29) is 0 Å². The van der Waals surface area contributed by atoms with Crippen LogP contribution in [-0.2, 0) is 23.1 Å². The molecule has 0 aliphatic rings. The topological polar surface area (TPSA) is 100 Å². The summed E-state index contributed by atoms with van der Waals surface area (Å²) in [5, 5.41) is 10.7. The van der Waals surface area contributed by atoms with Crippen molar-refractivity contribution in [1.29, 1.82) is 0 Å². The molecule has 0 saturated carbocycles. The van der Waals surface area contributed by atoms with E-state index < -0.39 is 15.6 Å². The Morgan fingerprint density at radius 3 is 2.50 bits per heavy atom. The molecule has 3 N–H and O–H groups in total. The van der Waals surface area contributed by atoms with Gasteiger partial charge < -0.3 is 10.6 Å². The predicted molar refractivity (Wildman–Crippen MR) is 113 cm³/mol. The average molecular weight is 407 g/mol. The Morgan fingerprint density at radius 2 is 1.89 bits per heavy atom. The summed E-state index contributed by atoms with van der Waals surface area (Å²) in [5.41, 5.74) is 1.63. The fourth-order valence-corrected chi connectivity index (χ4v) is 3.86. The number of aliphatic imine (C=N–C) groups is 1. The molecule has 8 nitrogen and oxygen atoms in total. The Morgan fingerprint density at radius 1 is 1.18 bits per heavy atom. The van der Waals surface area contributed by atoms with E-state index in [4.69, 9.17) is 0 Å². The molecular formula is C19H30N6O2S. The van der Waals surface area contributed by atoms with Gasteiger partial charge in [-0.2, -0.15) is 5.10 Å². The highest BCUT2D eigenvalue weighted by Gasteiger charge is 2.22. The summed E-state index contributed by atoms with van der Waals surface area (Å²) in [5.74, 6) is 0.639. The average Bonchev–Trinajstić information content (AvgIpc) is 3.09. The molecule has 0 bridgehead atoms. The summed E-state index contributed by atoms with van der Waals surface area (Å²) in [4.78, 5) is 4.66. The highest BCUT2D eigenvalue weighted by molar-refractivity contribution is 7.88. The van der Waals surface area contributed by atoms with Crippen LogP contribution in [0.4, 0.5) is 0 Å². The summed E-state index contributed by atoms with van der Waals surface area (Å²) in [6.07, 6.45) is 4.85. The summed E-state index contributed by atoms with van der Waals surface area (Å²) in [6, 6.07) is 10.0. The SMILES string of the molecule is CCNC(=NCc1ccccc1Cn1cccn1)NCC(C)(C)NS(C)(=O)=O. The van der Waals surface area contributed by atoms with Gasteiger partial charge in [-0.1, -0.05) is 24.3 Å².